The van der Waals surface area contributed by atoms with Gasteiger partial charge in [0.05, 0.1) is 24.9 Å². The van der Waals surface area contributed by atoms with Crippen LogP contribution in [0.3, 0.4) is 0 Å². The number of carbonyl (C=O) groups is 2. The van der Waals surface area contributed by atoms with Gasteiger partial charge in [-0.25, -0.2) is 14.3 Å². The van der Waals surface area contributed by atoms with Gasteiger partial charge in [-0.2, -0.15) is 0 Å². The fourth-order valence-corrected chi connectivity index (χ4v) is 3.81. The number of hydrogen-bond acceptors (Lipinski definition) is 9. The minimum Gasteiger partial charge on any atom is -0.454 e. The monoisotopic (exact) mass is 451 g/mol. The first-order valence-corrected chi connectivity index (χ1v) is 10.4. The summed E-state index contributed by atoms with van der Waals surface area (Å²) in [5, 5.41) is 18.7. The molecule has 1 N–H and O–H groups in total. The Balaban J connectivity index is 1.18. The Bertz CT molecular complexity index is 1120. The molecule has 0 unspecified atom stereocenters. The first kappa shape index (κ1) is 21.3. The Morgan fingerprint density at radius 1 is 1.06 bits per heavy atom. The van der Waals surface area contributed by atoms with Crippen LogP contribution >= 0.6 is 0 Å². The summed E-state index contributed by atoms with van der Waals surface area (Å²) in [6.45, 7) is 0.587. The zero-order valence-electron chi connectivity index (χ0n) is 17.4. The van der Waals surface area contributed by atoms with Crippen molar-refractivity contribution < 1.29 is 33.6 Å². The molecule has 0 amide bonds. The molecule has 2 fully saturated rings. The van der Waals surface area contributed by atoms with E-state index in [1.807, 2.05) is 30.3 Å². The summed E-state index contributed by atoms with van der Waals surface area (Å²) in [4.78, 5) is 24.5. The van der Waals surface area contributed by atoms with E-state index in [1.165, 1.54) is 0 Å². The second-order valence-corrected chi connectivity index (χ2v) is 7.76. The van der Waals surface area contributed by atoms with E-state index < -0.39 is 42.6 Å². The smallest absolute Gasteiger partial charge is 0.350 e. The third-order valence-electron chi connectivity index (χ3n) is 5.43. The highest BCUT2D eigenvalue weighted by atomic mass is 16.7. The quantitative estimate of drug-likeness (QED) is 0.526. The summed E-state index contributed by atoms with van der Waals surface area (Å²) in [5.41, 5.74) is 1.91. The minimum absolute atomic E-state index is 0.0262. The van der Waals surface area contributed by atoms with Crippen molar-refractivity contribution >= 4 is 11.9 Å². The van der Waals surface area contributed by atoms with Crippen LogP contribution in [0.2, 0.25) is 0 Å². The minimum atomic E-state index is -1.29. The third-order valence-corrected chi connectivity index (χ3v) is 5.43. The van der Waals surface area contributed by atoms with Gasteiger partial charge in [0.1, 0.15) is 17.9 Å². The van der Waals surface area contributed by atoms with Crippen LogP contribution in [0, 0.1) is 0 Å². The van der Waals surface area contributed by atoms with E-state index in [0.29, 0.717) is 17.8 Å². The molecule has 33 heavy (non-hydrogen) atoms. The Hall–Kier alpha value is -3.60. The van der Waals surface area contributed by atoms with Crippen LogP contribution in [0.25, 0.3) is 0 Å². The van der Waals surface area contributed by atoms with Crippen LogP contribution in [-0.4, -0.2) is 62.7 Å². The summed E-state index contributed by atoms with van der Waals surface area (Å²) >= 11 is 0. The molecule has 3 aromatic rings. The van der Waals surface area contributed by atoms with Gasteiger partial charge in [0.2, 0.25) is 6.10 Å². The molecule has 10 nitrogen and oxygen atoms in total. The van der Waals surface area contributed by atoms with E-state index in [9.17, 15) is 14.7 Å². The normalized spacial score (nSPS) is 26.1. The largest absolute Gasteiger partial charge is 0.454 e. The third kappa shape index (κ3) is 4.49. The molecule has 5 rings (SSSR count). The summed E-state index contributed by atoms with van der Waals surface area (Å²) < 4.78 is 23.5. The Labute approximate surface area is 188 Å². The van der Waals surface area contributed by atoms with Gasteiger partial charge in [-0.05, 0) is 17.7 Å². The standard InChI is InChI=1S/C23H21N3O7/c27-17-18-19(20(22(29)31-18)32-21(28)15-9-5-2-6-10-15)33-23(17)30-13-16-12-26(25-24-16)11-14-7-3-1-4-8-14/h1-10,12,17-20,23,27H,11,13H2/t17-,18-,19+,20+,23-/m0/s1. The average Bonchev–Trinajstić information content (AvgIpc) is 3.50. The van der Waals surface area contributed by atoms with Crippen molar-refractivity contribution in [1.29, 1.82) is 0 Å². The van der Waals surface area contributed by atoms with Gasteiger partial charge in [0, 0.05) is 0 Å². The maximum atomic E-state index is 12.3. The van der Waals surface area contributed by atoms with Crippen LogP contribution in [0.1, 0.15) is 21.6 Å². The van der Waals surface area contributed by atoms with Crippen molar-refractivity contribution in [2.45, 2.75) is 43.9 Å². The molecule has 0 bridgehead atoms. The van der Waals surface area contributed by atoms with Crippen molar-refractivity contribution in [3.63, 3.8) is 0 Å². The number of hydrogen-bond donors (Lipinski definition) is 1. The van der Waals surface area contributed by atoms with Crippen molar-refractivity contribution in [2.75, 3.05) is 0 Å². The number of aliphatic hydroxyl groups excluding tert-OH is 1. The lowest BCUT2D eigenvalue weighted by molar-refractivity contribution is -0.191. The molecule has 0 spiro atoms. The van der Waals surface area contributed by atoms with Crippen molar-refractivity contribution in [3.8, 4) is 0 Å². The second-order valence-electron chi connectivity index (χ2n) is 7.76. The number of ether oxygens (including phenoxy) is 4. The van der Waals surface area contributed by atoms with Gasteiger partial charge in [0.15, 0.2) is 12.4 Å². The lowest BCUT2D eigenvalue weighted by atomic mass is 10.1. The molecule has 2 aliphatic rings. The predicted molar refractivity (Wildman–Crippen MR) is 111 cm³/mol. The van der Waals surface area contributed by atoms with Gasteiger partial charge >= 0.3 is 11.9 Å². The number of esters is 2. The predicted octanol–water partition coefficient (Wildman–Crippen LogP) is 1.08. The Morgan fingerprint density at radius 2 is 1.79 bits per heavy atom. The molecule has 1 aromatic heterocycles. The zero-order chi connectivity index (χ0) is 22.8. The van der Waals surface area contributed by atoms with Crippen LogP contribution in [0.15, 0.2) is 66.9 Å². The van der Waals surface area contributed by atoms with E-state index in [4.69, 9.17) is 18.9 Å². The summed E-state index contributed by atoms with van der Waals surface area (Å²) in [6.07, 6.45) is -3.84. The first-order valence-electron chi connectivity index (χ1n) is 10.4. The van der Waals surface area contributed by atoms with E-state index >= 15 is 0 Å². The molecule has 3 heterocycles. The van der Waals surface area contributed by atoms with E-state index in [1.54, 1.807) is 41.2 Å². The fourth-order valence-electron chi connectivity index (χ4n) is 3.81. The topological polar surface area (TPSA) is 122 Å². The Morgan fingerprint density at radius 3 is 2.55 bits per heavy atom. The lowest BCUT2D eigenvalue weighted by Gasteiger charge is -2.18. The second kappa shape index (κ2) is 9.10. The van der Waals surface area contributed by atoms with Crippen LogP contribution in [-0.2, 0) is 36.9 Å². The van der Waals surface area contributed by atoms with Crippen molar-refractivity contribution in [2.24, 2.45) is 0 Å². The molecular weight excluding hydrogens is 430 g/mol. The van der Waals surface area contributed by atoms with Gasteiger partial charge in [-0.1, -0.05) is 53.7 Å². The SMILES string of the molecule is O=C(O[C@H]1C(=O)O[C@H]2[C@H](O)[C@@H](OCc3cn(Cc4ccccc4)nn3)O[C@H]21)c1ccccc1. The van der Waals surface area contributed by atoms with E-state index in [2.05, 4.69) is 10.3 Å². The highest BCUT2D eigenvalue weighted by molar-refractivity contribution is 5.92. The van der Waals surface area contributed by atoms with Crippen LogP contribution < -0.4 is 0 Å². The molecule has 0 aliphatic carbocycles. The summed E-state index contributed by atoms with van der Waals surface area (Å²) in [7, 11) is 0. The van der Waals surface area contributed by atoms with Gasteiger partial charge in [-0.15, -0.1) is 5.10 Å². The zero-order valence-corrected chi connectivity index (χ0v) is 17.4. The number of nitrogens with zero attached hydrogens (tertiary/aromatic N) is 3. The van der Waals surface area contributed by atoms with Gasteiger partial charge in [-0.3, -0.25) is 0 Å². The number of benzene rings is 2. The highest BCUT2D eigenvalue weighted by Crippen LogP contribution is 2.34. The molecule has 2 saturated heterocycles. The number of aromatic nitrogens is 3. The molecule has 170 valence electrons. The Kier molecular flexibility index (Phi) is 5.86. The number of rotatable bonds is 7. The van der Waals surface area contributed by atoms with Gasteiger partial charge < -0.3 is 24.1 Å². The molecular formula is C23H21N3O7. The first-order chi connectivity index (χ1) is 16.1. The van der Waals surface area contributed by atoms with Crippen LogP contribution in [0.4, 0.5) is 0 Å². The molecule has 0 radical (unpaired) electrons. The summed E-state index contributed by atoms with van der Waals surface area (Å²) in [6, 6.07) is 18.1. The maximum Gasteiger partial charge on any atom is 0.350 e. The lowest BCUT2D eigenvalue weighted by Crippen LogP contribution is -2.35. The molecule has 2 aliphatic heterocycles. The van der Waals surface area contributed by atoms with Crippen molar-refractivity contribution in [3.05, 3.63) is 83.7 Å². The average molecular weight is 451 g/mol. The van der Waals surface area contributed by atoms with Gasteiger partial charge in [0.25, 0.3) is 0 Å². The van der Waals surface area contributed by atoms with E-state index in [0.717, 1.165) is 5.56 Å². The molecule has 0 saturated carbocycles. The number of carbonyl (C=O) groups excluding carboxylic acids is 2. The van der Waals surface area contributed by atoms with E-state index in [-0.39, 0.29) is 6.61 Å². The maximum absolute atomic E-state index is 12.3. The molecule has 2 aromatic carbocycles. The van der Waals surface area contributed by atoms with Crippen molar-refractivity contribution in [1.82, 2.24) is 15.0 Å². The molecule has 5 atom stereocenters. The number of fused-ring (bicyclic) bond motifs is 1. The highest BCUT2D eigenvalue weighted by Gasteiger charge is 2.59. The number of aliphatic hydroxyl groups is 1. The molecule has 10 heteroatoms. The van der Waals surface area contributed by atoms with Crippen LogP contribution in [0.5, 0.6) is 0 Å². The fraction of sp³-hybridized carbons (Fsp3) is 0.304. The summed E-state index contributed by atoms with van der Waals surface area (Å²) in [5.74, 6) is -1.45.